The second-order valence-electron chi connectivity index (χ2n) is 26.0. The normalized spacial score (nSPS) is 32.1. The van der Waals surface area contributed by atoms with Gasteiger partial charge in [-0.15, -0.1) is 0 Å². The summed E-state index contributed by atoms with van der Waals surface area (Å²) in [7, 11) is 13.2. The number of likely N-dealkylation sites (tertiary alicyclic amines) is 1. The molecule has 2 amide bonds. The summed E-state index contributed by atoms with van der Waals surface area (Å²) in [6.07, 6.45) is 21.1. The molecule has 9 fully saturated rings. The van der Waals surface area contributed by atoms with Crippen molar-refractivity contribution in [3.8, 4) is 0 Å². The first-order chi connectivity index (χ1) is 32.2. The Bertz CT molecular complexity index is 1780. The highest BCUT2D eigenvalue weighted by atomic mass is 16.2. The summed E-state index contributed by atoms with van der Waals surface area (Å²) in [5, 5.41) is 13.7. The number of carbonyl (C=O) groups is 2. The maximum Gasteiger partial charge on any atom is 0.234 e. The molecule has 12 heteroatoms. The lowest BCUT2D eigenvalue weighted by Gasteiger charge is -2.55. The molecule has 11 rings (SSSR count). The number of hydrogen-bond acceptors (Lipinski definition) is 10. The summed E-state index contributed by atoms with van der Waals surface area (Å²) >= 11 is 0. The van der Waals surface area contributed by atoms with E-state index in [9.17, 15) is 9.59 Å². The van der Waals surface area contributed by atoms with Gasteiger partial charge in [0.25, 0.3) is 0 Å². The largest absolute Gasteiger partial charge is 0.355 e. The van der Waals surface area contributed by atoms with E-state index in [0.29, 0.717) is 45.8 Å². The molecule has 4 N–H and O–H groups in total. The summed E-state index contributed by atoms with van der Waals surface area (Å²) in [6.45, 7) is 25.2. The molecule has 3 atom stereocenters. The summed E-state index contributed by atoms with van der Waals surface area (Å²) in [5.41, 5.74) is 5.47. The van der Waals surface area contributed by atoms with Crippen LogP contribution >= 0.6 is 0 Å². The number of amides is 2. The fourth-order valence-electron chi connectivity index (χ4n) is 15.6. The van der Waals surface area contributed by atoms with E-state index in [1.54, 1.807) is 11.1 Å². The second kappa shape index (κ2) is 22.7. The predicted octanol–water partition coefficient (Wildman–Crippen LogP) is 5.56. The van der Waals surface area contributed by atoms with Crippen LogP contribution in [0.2, 0.25) is 0 Å². The van der Waals surface area contributed by atoms with Crippen molar-refractivity contribution in [2.45, 2.75) is 153 Å². The highest BCUT2D eigenvalue weighted by molar-refractivity contribution is 5.82. The number of fused-ring (bicyclic) bond motifs is 2. The monoisotopic (exact) mass is 945 g/mol. The average molecular weight is 945 g/mol. The average Bonchev–Trinajstić information content (AvgIpc) is 3.80. The molecule has 68 heavy (non-hydrogen) atoms. The molecular weight excluding hydrogens is 845 g/mol. The first-order valence-electron chi connectivity index (χ1n) is 27.5. The van der Waals surface area contributed by atoms with Gasteiger partial charge in [0.2, 0.25) is 11.8 Å². The quantitative estimate of drug-likeness (QED) is 0.265. The molecule has 4 spiro atoms. The van der Waals surface area contributed by atoms with Gasteiger partial charge in [0.1, 0.15) is 0 Å². The molecular formula is C56H100N10O2. The van der Waals surface area contributed by atoms with Crippen LogP contribution in [0.3, 0.4) is 0 Å². The Balaban J connectivity index is 0.000000127. The van der Waals surface area contributed by atoms with Gasteiger partial charge in [-0.25, -0.2) is 0 Å². The smallest absolute Gasteiger partial charge is 0.234 e. The topological polar surface area (TPSA) is 102 Å². The van der Waals surface area contributed by atoms with Crippen LogP contribution in [0.1, 0.15) is 129 Å². The summed E-state index contributed by atoms with van der Waals surface area (Å²) < 4.78 is 0. The number of nitrogens with zero attached hydrogens (tertiary/aromatic N) is 6. The molecule has 3 unspecified atom stereocenters. The zero-order valence-electron chi connectivity index (χ0n) is 45.2. The summed E-state index contributed by atoms with van der Waals surface area (Å²) in [4.78, 5) is 36.9. The number of nitrogens with one attached hydrogen (secondary N) is 4. The van der Waals surface area contributed by atoms with Crippen molar-refractivity contribution in [1.29, 1.82) is 0 Å². The van der Waals surface area contributed by atoms with Gasteiger partial charge in [-0.3, -0.25) is 19.4 Å². The minimum atomic E-state index is 0.127. The highest BCUT2D eigenvalue weighted by Gasteiger charge is 2.49. The van der Waals surface area contributed by atoms with Crippen molar-refractivity contribution >= 4 is 11.8 Å². The first kappa shape index (κ1) is 53.6. The molecule has 10 aliphatic rings. The van der Waals surface area contributed by atoms with Gasteiger partial charge in [0.05, 0.1) is 18.0 Å². The number of aryl methyl sites for hydroxylation is 1. The van der Waals surface area contributed by atoms with Gasteiger partial charge in [-0.2, -0.15) is 0 Å². The van der Waals surface area contributed by atoms with Crippen molar-refractivity contribution < 1.29 is 9.59 Å². The van der Waals surface area contributed by atoms with Crippen LogP contribution in [0.25, 0.3) is 0 Å². The van der Waals surface area contributed by atoms with Gasteiger partial charge in [-0.05, 0) is 128 Å². The predicted molar refractivity (Wildman–Crippen MR) is 281 cm³/mol. The van der Waals surface area contributed by atoms with E-state index in [0.717, 1.165) is 39.3 Å². The SMILES string of the molecule is CN1CC(=O)NC2(CCCCC2)C1.CN1CC2CNC(=O)C2C1.CN1CCN(C)C2(CCCCC2)C1.CN1CCNC2(C1)CC(C)(C)CC(C)(C)C2.CN1CCNC2(CCc3ccccc3C2)C1. The molecule has 1 aromatic rings. The van der Waals surface area contributed by atoms with Crippen LogP contribution in [0.4, 0.5) is 0 Å². The fraction of sp³-hybridized carbons (Fsp3) is 0.857. The zero-order chi connectivity index (χ0) is 48.8. The Morgan fingerprint density at radius 1 is 0.559 bits per heavy atom. The van der Waals surface area contributed by atoms with Crippen molar-refractivity contribution in [3.05, 3.63) is 35.4 Å². The van der Waals surface area contributed by atoms with E-state index in [1.165, 1.54) is 149 Å². The van der Waals surface area contributed by atoms with Crippen molar-refractivity contribution in [1.82, 2.24) is 50.7 Å². The third-order valence-electron chi connectivity index (χ3n) is 17.9. The number of carbonyl (C=O) groups excluding carboxylic acids is 2. The van der Waals surface area contributed by atoms with E-state index in [-0.39, 0.29) is 17.4 Å². The number of piperazine rings is 4. The highest BCUT2D eigenvalue weighted by Crippen LogP contribution is 2.50. The van der Waals surface area contributed by atoms with E-state index in [2.05, 4.69) is 138 Å². The van der Waals surface area contributed by atoms with Gasteiger partial charge in [0.15, 0.2) is 0 Å². The van der Waals surface area contributed by atoms with E-state index < -0.39 is 0 Å². The molecule has 6 aliphatic heterocycles. The molecule has 0 radical (unpaired) electrons. The van der Waals surface area contributed by atoms with Crippen LogP contribution < -0.4 is 21.3 Å². The van der Waals surface area contributed by atoms with Crippen LogP contribution in [0.5, 0.6) is 0 Å². The lowest BCUT2D eigenvalue weighted by atomic mass is 9.58. The Morgan fingerprint density at radius 2 is 1.13 bits per heavy atom. The van der Waals surface area contributed by atoms with Crippen molar-refractivity contribution in [2.24, 2.45) is 22.7 Å². The molecule has 0 bridgehead atoms. The Hall–Kier alpha value is -2.16. The molecule has 6 heterocycles. The lowest BCUT2D eigenvalue weighted by molar-refractivity contribution is -0.128. The molecule has 386 valence electrons. The third kappa shape index (κ3) is 14.3. The summed E-state index contributed by atoms with van der Waals surface area (Å²) in [5.74, 6) is 1.35. The lowest BCUT2D eigenvalue weighted by Crippen LogP contribution is -2.64. The maximum absolute atomic E-state index is 11.4. The second-order valence-corrected chi connectivity index (χ2v) is 26.0. The van der Waals surface area contributed by atoms with Crippen LogP contribution in [-0.2, 0) is 22.4 Å². The van der Waals surface area contributed by atoms with Gasteiger partial charge >= 0.3 is 0 Å². The van der Waals surface area contributed by atoms with Gasteiger partial charge < -0.3 is 40.9 Å². The van der Waals surface area contributed by atoms with Crippen LogP contribution in [0.15, 0.2) is 24.3 Å². The summed E-state index contributed by atoms with van der Waals surface area (Å²) in [6, 6.07) is 8.92. The zero-order valence-corrected chi connectivity index (χ0v) is 45.2. The number of likely N-dealkylation sites (N-methyl/N-ethyl adjacent to an activating group) is 5. The molecule has 3 saturated carbocycles. The van der Waals surface area contributed by atoms with Gasteiger partial charge in [-0.1, -0.05) is 90.5 Å². The van der Waals surface area contributed by atoms with E-state index >= 15 is 0 Å². The van der Waals surface area contributed by atoms with E-state index in [1.807, 2.05) is 7.05 Å². The number of benzene rings is 1. The van der Waals surface area contributed by atoms with Crippen LogP contribution in [0, 0.1) is 22.7 Å². The Morgan fingerprint density at radius 3 is 1.75 bits per heavy atom. The molecule has 12 nitrogen and oxygen atoms in total. The standard InChI is InChI=1S/C14H20N2.C14H28N2.C11H22N2.C10H18N2O.C7H12N2O/c1-16-9-8-15-14(11-16)7-6-12-4-2-3-5-13(12)10-14;1-12(2)8-13(3,4)10-14(9-12)11-16(5)7-6-15-14;1-12-8-9-13(2)11(10-12)6-4-3-5-7-11;1-12-7-9(13)11-10(8-12)5-3-2-4-6-10;1-9-3-5-2-8-7(10)6(5)4-9/h2-5,15H,6-11H2,1H3;15H,6-11H2,1-5H3;3-10H2,1-2H3;2-8H2,1H3,(H,11,13);5-6H,2-4H2,1H3,(H,8,10). The minimum Gasteiger partial charge on any atom is -0.355 e. The third-order valence-corrected chi connectivity index (χ3v) is 17.9. The van der Waals surface area contributed by atoms with Crippen molar-refractivity contribution in [3.63, 3.8) is 0 Å². The Labute approximate surface area is 415 Å². The molecule has 6 saturated heterocycles. The first-order valence-corrected chi connectivity index (χ1v) is 27.5. The maximum atomic E-state index is 11.4. The van der Waals surface area contributed by atoms with Crippen LogP contribution in [-0.4, -0.2) is 197 Å². The van der Waals surface area contributed by atoms with Gasteiger partial charge in [0, 0.05) is 108 Å². The number of hydrogen-bond donors (Lipinski definition) is 4. The van der Waals surface area contributed by atoms with Crippen molar-refractivity contribution in [2.75, 3.05) is 134 Å². The molecule has 4 aliphatic carbocycles. The van der Waals surface area contributed by atoms with E-state index in [4.69, 9.17) is 0 Å². The number of rotatable bonds is 0. The molecule has 1 aromatic carbocycles. The minimum absolute atomic E-state index is 0.127. The molecule has 0 aromatic heterocycles. The Kier molecular flexibility index (Phi) is 17.9. The fourth-order valence-corrected chi connectivity index (χ4v) is 15.6.